The fourth-order valence-electron chi connectivity index (χ4n) is 1.27. The molecule has 0 atom stereocenters. The molecule has 0 spiro atoms. The predicted octanol–water partition coefficient (Wildman–Crippen LogP) is 2.45. The predicted molar refractivity (Wildman–Crippen MR) is 67.5 cm³/mol. The summed E-state index contributed by atoms with van der Waals surface area (Å²) in [4.78, 5) is 0. The zero-order valence-electron chi connectivity index (χ0n) is 9.67. The fourth-order valence-corrected chi connectivity index (χ4v) is 2.71. The van der Waals surface area contributed by atoms with Crippen LogP contribution in [0.4, 0.5) is 18.9 Å². The van der Waals surface area contributed by atoms with Crippen molar-refractivity contribution in [3.05, 3.63) is 28.8 Å². The highest BCUT2D eigenvalue weighted by atomic mass is 35.5. The van der Waals surface area contributed by atoms with Gasteiger partial charge in [-0.05, 0) is 31.2 Å². The largest absolute Gasteiger partial charge is 0.416 e. The van der Waals surface area contributed by atoms with E-state index in [-0.39, 0.29) is 29.4 Å². The molecule has 0 aromatic heterocycles. The Hall–Kier alpha value is -0.990. The van der Waals surface area contributed by atoms with E-state index in [0.717, 1.165) is 12.1 Å². The van der Waals surface area contributed by atoms with Gasteiger partial charge in [-0.25, -0.2) is 8.42 Å². The van der Waals surface area contributed by atoms with E-state index in [0.29, 0.717) is 6.07 Å². The molecule has 1 aromatic carbocycles. The standard InChI is InChI=1S/C10H12ClF3N2O2S/c11-8-6-7(10(12,13)14)2-3-9(8)16-19(17,18)5-1-4-15/h2-3,6,16H,1,4-5,15H2. The minimum Gasteiger partial charge on any atom is -0.330 e. The van der Waals surface area contributed by atoms with Crippen molar-refractivity contribution in [3.63, 3.8) is 0 Å². The summed E-state index contributed by atoms with van der Waals surface area (Å²) in [5, 5.41) is -0.314. The second-order valence-corrected chi connectivity index (χ2v) is 6.00. The number of hydrogen-bond donors (Lipinski definition) is 2. The van der Waals surface area contributed by atoms with Crippen molar-refractivity contribution >= 4 is 27.3 Å². The smallest absolute Gasteiger partial charge is 0.330 e. The molecule has 3 N–H and O–H groups in total. The van der Waals surface area contributed by atoms with Gasteiger partial charge >= 0.3 is 6.18 Å². The van der Waals surface area contributed by atoms with Gasteiger partial charge in [0.2, 0.25) is 10.0 Å². The van der Waals surface area contributed by atoms with Gasteiger partial charge in [-0.1, -0.05) is 11.6 Å². The van der Waals surface area contributed by atoms with E-state index >= 15 is 0 Å². The molecule has 0 aliphatic rings. The number of nitrogens with two attached hydrogens (primary N) is 1. The van der Waals surface area contributed by atoms with Gasteiger partial charge in [0.15, 0.2) is 0 Å². The first kappa shape index (κ1) is 16.1. The minimum atomic E-state index is -4.53. The van der Waals surface area contributed by atoms with Crippen molar-refractivity contribution in [1.82, 2.24) is 0 Å². The Morgan fingerprint density at radius 1 is 1.32 bits per heavy atom. The number of alkyl halides is 3. The van der Waals surface area contributed by atoms with E-state index in [1.54, 1.807) is 0 Å². The monoisotopic (exact) mass is 316 g/mol. The second kappa shape index (κ2) is 5.98. The number of nitrogens with one attached hydrogen (secondary N) is 1. The van der Waals surface area contributed by atoms with E-state index < -0.39 is 21.8 Å². The lowest BCUT2D eigenvalue weighted by atomic mass is 10.2. The van der Waals surface area contributed by atoms with Crippen molar-refractivity contribution < 1.29 is 21.6 Å². The van der Waals surface area contributed by atoms with E-state index in [1.807, 2.05) is 0 Å². The van der Waals surface area contributed by atoms with Crippen LogP contribution in [0.25, 0.3) is 0 Å². The van der Waals surface area contributed by atoms with Crippen LogP contribution in [0.2, 0.25) is 5.02 Å². The first-order chi connectivity index (χ1) is 8.65. The summed E-state index contributed by atoms with van der Waals surface area (Å²) in [5.41, 5.74) is 4.15. The molecule has 0 heterocycles. The van der Waals surface area contributed by atoms with Crippen molar-refractivity contribution in [3.8, 4) is 0 Å². The number of anilines is 1. The van der Waals surface area contributed by atoms with Crippen LogP contribution in [0.1, 0.15) is 12.0 Å². The highest BCUT2D eigenvalue weighted by molar-refractivity contribution is 7.92. The second-order valence-electron chi connectivity index (χ2n) is 3.76. The normalized spacial score (nSPS) is 12.5. The quantitative estimate of drug-likeness (QED) is 0.876. The molecular formula is C10H12ClF3N2O2S. The third kappa shape index (κ3) is 4.88. The van der Waals surface area contributed by atoms with Crippen molar-refractivity contribution in [1.29, 1.82) is 0 Å². The molecule has 4 nitrogen and oxygen atoms in total. The van der Waals surface area contributed by atoms with Gasteiger partial charge < -0.3 is 5.73 Å². The van der Waals surface area contributed by atoms with Crippen LogP contribution in [-0.4, -0.2) is 20.7 Å². The summed E-state index contributed by atoms with van der Waals surface area (Å²) >= 11 is 5.62. The highest BCUT2D eigenvalue weighted by Gasteiger charge is 2.31. The maximum atomic E-state index is 12.4. The van der Waals surface area contributed by atoms with Crippen molar-refractivity contribution in [2.45, 2.75) is 12.6 Å². The van der Waals surface area contributed by atoms with Crippen LogP contribution in [0.3, 0.4) is 0 Å². The van der Waals surface area contributed by atoms with Gasteiger partial charge in [-0.3, -0.25) is 4.72 Å². The third-order valence-electron chi connectivity index (χ3n) is 2.18. The summed E-state index contributed by atoms with van der Waals surface area (Å²) in [6, 6.07) is 2.40. The molecule has 0 saturated heterocycles. The number of halogens is 4. The number of benzene rings is 1. The molecule has 108 valence electrons. The Labute approximate surface area is 113 Å². The Morgan fingerprint density at radius 2 is 1.95 bits per heavy atom. The van der Waals surface area contributed by atoms with Crippen LogP contribution >= 0.6 is 11.6 Å². The molecule has 19 heavy (non-hydrogen) atoms. The summed E-state index contributed by atoms with van der Waals surface area (Å²) in [5.74, 6) is -0.221. The van der Waals surface area contributed by atoms with E-state index in [2.05, 4.69) is 4.72 Å². The van der Waals surface area contributed by atoms with E-state index in [1.165, 1.54) is 0 Å². The van der Waals surface area contributed by atoms with Gasteiger partial charge in [-0.2, -0.15) is 13.2 Å². The first-order valence-corrected chi connectivity index (χ1v) is 7.26. The fraction of sp³-hybridized carbons (Fsp3) is 0.400. The summed E-state index contributed by atoms with van der Waals surface area (Å²) < 4.78 is 62.4. The molecule has 0 saturated carbocycles. The SMILES string of the molecule is NCCCS(=O)(=O)Nc1ccc(C(F)(F)F)cc1Cl. The number of rotatable bonds is 5. The molecule has 1 rings (SSSR count). The maximum absolute atomic E-state index is 12.4. The number of sulfonamides is 1. The van der Waals surface area contributed by atoms with E-state index in [9.17, 15) is 21.6 Å². The van der Waals surface area contributed by atoms with Gasteiger partial charge in [0.1, 0.15) is 0 Å². The van der Waals surface area contributed by atoms with Crippen molar-refractivity contribution in [2.75, 3.05) is 17.0 Å². The van der Waals surface area contributed by atoms with Crippen molar-refractivity contribution in [2.24, 2.45) is 5.73 Å². The zero-order chi connectivity index (χ0) is 14.7. The maximum Gasteiger partial charge on any atom is 0.416 e. The van der Waals surface area contributed by atoms with Crippen LogP contribution in [0, 0.1) is 0 Å². The lowest BCUT2D eigenvalue weighted by Gasteiger charge is -2.12. The van der Waals surface area contributed by atoms with E-state index in [4.69, 9.17) is 17.3 Å². The van der Waals surface area contributed by atoms with Gasteiger partial charge in [-0.15, -0.1) is 0 Å². The number of hydrogen-bond acceptors (Lipinski definition) is 3. The zero-order valence-corrected chi connectivity index (χ0v) is 11.2. The molecule has 1 aromatic rings. The Kier molecular flexibility index (Phi) is 5.05. The van der Waals surface area contributed by atoms with Gasteiger partial charge in [0.25, 0.3) is 0 Å². The third-order valence-corrected chi connectivity index (χ3v) is 3.85. The Bertz CT molecular complexity index is 546. The molecule has 0 aliphatic carbocycles. The molecule has 0 amide bonds. The molecule has 0 unspecified atom stereocenters. The molecule has 9 heteroatoms. The van der Waals surface area contributed by atoms with Crippen LogP contribution in [0.5, 0.6) is 0 Å². The lowest BCUT2D eigenvalue weighted by molar-refractivity contribution is -0.137. The average molecular weight is 317 g/mol. The van der Waals surface area contributed by atoms with Crippen LogP contribution in [0.15, 0.2) is 18.2 Å². The molecule has 0 radical (unpaired) electrons. The minimum absolute atomic E-state index is 0.0910. The summed E-state index contributed by atoms with van der Waals surface area (Å²) in [7, 11) is -3.66. The Balaban J connectivity index is 2.92. The van der Waals surface area contributed by atoms with Gasteiger partial charge in [0.05, 0.1) is 22.0 Å². The van der Waals surface area contributed by atoms with Crippen LogP contribution < -0.4 is 10.5 Å². The topological polar surface area (TPSA) is 72.2 Å². The van der Waals surface area contributed by atoms with Crippen LogP contribution in [-0.2, 0) is 16.2 Å². The average Bonchev–Trinajstić information content (AvgIpc) is 2.27. The molecule has 0 bridgehead atoms. The van der Waals surface area contributed by atoms with Gasteiger partial charge in [0, 0.05) is 0 Å². The lowest BCUT2D eigenvalue weighted by Crippen LogP contribution is -2.19. The summed E-state index contributed by atoms with van der Waals surface area (Å²) in [6.07, 6.45) is -4.28. The molecular weight excluding hydrogens is 305 g/mol. The Morgan fingerprint density at radius 3 is 2.42 bits per heavy atom. The molecule has 0 fully saturated rings. The summed E-state index contributed by atoms with van der Waals surface area (Å²) in [6.45, 7) is 0.196. The first-order valence-electron chi connectivity index (χ1n) is 5.23. The molecule has 0 aliphatic heterocycles. The highest BCUT2D eigenvalue weighted by Crippen LogP contribution is 2.34.